The number of nitrogens with one attached hydrogen (secondary N) is 1. The Balaban J connectivity index is 2.15. The Kier molecular flexibility index (Phi) is 4.67. The maximum atomic E-state index is 12.8. The van der Waals surface area contributed by atoms with Gasteiger partial charge in [-0.05, 0) is 25.1 Å². The highest BCUT2D eigenvalue weighted by Crippen LogP contribution is 2.35. The molecule has 0 saturated heterocycles. The van der Waals surface area contributed by atoms with Crippen molar-refractivity contribution in [1.29, 1.82) is 0 Å². The fourth-order valence-corrected chi connectivity index (χ4v) is 2.83. The average molecular weight is 379 g/mol. The molecule has 8 heteroatoms. The van der Waals surface area contributed by atoms with E-state index in [0.29, 0.717) is 0 Å². The zero-order valence-corrected chi connectivity index (χ0v) is 13.2. The van der Waals surface area contributed by atoms with Crippen LogP contribution in [0.3, 0.4) is 0 Å². The second kappa shape index (κ2) is 6.15. The Bertz CT molecular complexity index is 670. The minimum Gasteiger partial charge on any atom is -0.347 e. The molecule has 2 rings (SSSR count). The van der Waals surface area contributed by atoms with E-state index < -0.39 is 17.6 Å². The fourth-order valence-electron chi connectivity index (χ4n) is 1.64. The number of halogens is 4. The summed E-state index contributed by atoms with van der Waals surface area (Å²) in [5.41, 5.74) is 1.54. The van der Waals surface area contributed by atoms with Gasteiger partial charge in [-0.1, -0.05) is 15.9 Å². The van der Waals surface area contributed by atoms with Crippen LogP contribution in [0.4, 0.5) is 13.2 Å². The lowest BCUT2D eigenvalue weighted by Gasteiger charge is -2.11. The zero-order chi connectivity index (χ0) is 15.6. The Morgan fingerprint density at radius 2 is 2.14 bits per heavy atom. The third-order valence-corrected chi connectivity index (χ3v) is 4.41. The van der Waals surface area contributed by atoms with Crippen LogP contribution in [0.5, 0.6) is 0 Å². The molecule has 0 fully saturated rings. The van der Waals surface area contributed by atoms with Gasteiger partial charge in [-0.3, -0.25) is 4.79 Å². The van der Waals surface area contributed by atoms with Crippen molar-refractivity contribution in [2.45, 2.75) is 19.6 Å². The van der Waals surface area contributed by atoms with Gasteiger partial charge in [-0.2, -0.15) is 13.2 Å². The molecule has 1 heterocycles. The van der Waals surface area contributed by atoms with Crippen molar-refractivity contribution in [2.24, 2.45) is 0 Å². The van der Waals surface area contributed by atoms with E-state index in [1.54, 1.807) is 12.4 Å². The highest BCUT2D eigenvalue weighted by Gasteiger charge is 2.33. The minimum absolute atomic E-state index is 0.0345. The second-order valence-corrected chi connectivity index (χ2v) is 6.03. The summed E-state index contributed by atoms with van der Waals surface area (Å²) in [5.74, 6) is -0.555. The number of aryl methyl sites for hydroxylation is 1. The zero-order valence-electron chi connectivity index (χ0n) is 10.8. The van der Waals surface area contributed by atoms with E-state index in [2.05, 4.69) is 26.2 Å². The molecule has 0 spiro atoms. The van der Waals surface area contributed by atoms with Crippen molar-refractivity contribution in [3.63, 3.8) is 0 Å². The molecule has 0 aliphatic heterocycles. The number of aromatic nitrogens is 1. The van der Waals surface area contributed by atoms with Gasteiger partial charge in [-0.25, -0.2) is 4.98 Å². The molecule has 3 nitrogen and oxygen atoms in total. The molecule has 112 valence electrons. The lowest BCUT2D eigenvalue weighted by Crippen LogP contribution is -2.23. The van der Waals surface area contributed by atoms with Crippen LogP contribution in [-0.2, 0) is 12.7 Å². The van der Waals surface area contributed by atoms with Crippen LogP contribution in [0.15, 0.2) is 28.2 Å². The van der Waals surface area contributed by atoms with Crippen molar-refractivity contribution in [3.05, 3.63) is 49.9 Å². The monoisotopic (exact) mass is 378 g/mol. The molecular weight excluding hydrogens is 369 g/mol. The van der Waals surface area contributed by atoms with Crippen LogP contribution >= 0.6 is 27.3 Å². The average Bonchev–Trinajstić information content (AvgIpc) is 2.80. The van der Waals surface area contributed by atoms with Gasteiger partial charge in [0, 0.05) is 14.9 Å². The quantitative estimate of drug-likeness (QED) is 0.870. The predicted molar refractivity (Wildman–Crippen MR) is 77.2 cm³/mol. The van der Waals surface area contributed by atoms with Crippen molar-refractivity contribution < 1.29 is 18.0 Å². The lowest BCUT2D eigenvalue weighted by molar-refractivity contribution is -0.138. The van der Waals surface area contributed by atoms with Gasteiger partial charge in [0.1, 0.15) is 0 Å². The van der Waals surface area contributed by atoms with Crippen LogP contribution in [0.25, 0.3) is 0 Å². The topological polar surface area (TPSA) is 42.0 Å². The number of nitrogens with zero attached hydrogens (tertiary/aromatic N) is 1. The molecule has 1 amide bonds. The molecule has 2 aromatic rings. The Morgan fingerprint density at radius 1 is 1.43 bits per heavy atom. The summed E-state index contributed by atoms with van der Waals surface area (Å²) < 4.78 is 38.3. The van der Waals surface area contributed by atoms with Crippen molar-refractivity contribution in [1.82, 2.24) is 10.3 Å². The van der Waals surface area contributed by atoms with E-state index in [4.69, 9.17) is 0 Å². The third kappa shape index (κ3) is 3.82. The predicted octanol–water partition coefficient (Wildman–Crippen LogP) is 4.16. The number of thiazole rings is 1. The first-order valence-corrected chi connectivity index (χ1v) is 7.50. The molecule has 0 radical (unpaired) electrons. The van der Waals surface area contributed by atoms with Crippen LogP contribution in [-0.4, -0.2) is 10.9 Å². The highest BCUT2D eigenvalue weighted by atomic mass is 79.9. The van der Waals surface area contributed by atoms with E-state index in [1.165, 1.54) is 23.5 Å². The Morgan fingerprint density at radius 3 is 2.71 bits per heavy atom. The number of amides is 1. The Labute approximate surface area is 131 Å². The number of hydrogen-bond acceptors (Lipinski definition) is 3. The number of carbonyl (C=O) groups is 1. The van der Waals surface area contributed by atoms with Crippen molar-refractivity contribution >= 4 is 33.2 Å². The van der Waals surface area contributed by atoms with Crippen molar-refractivity contribution in [2.75, 3.05) is 0 Å². The molecule has 0 unspecified atom stereocenters. The molecule has 21 heavy (non-hydrogen) atoms. The van der Waals surface area contributed by atoms with Crippen molar-refractivity contribution in [3.8, 4) is 0 Å². The number of hydrogen-bond donors (Lipinski definition) is 1. The van der Waals surface area contributed by atoms with Crippen LogP contribution in [0.1, 0.15) is 26.5 Å². The lowest BCUT2D eigenvalue weighted by atomic mass is 10.1. The number of rotatable bonds is 3. The molecule has 0 atom stereocenters. The minimum atomic E-state index is -4.51. The van der Waals surface area contributed by atoms with E-state index in [-0.39, 0.29) is 16.6 Å². The van der Waals surface area contributed by atoms with E-state index in [1.807, 2.05) is 0 Å². The first-order valence-electron chi connectivity index (χ1n) is 5.83. The summed E-state index contributed by atoms with van der Waals surface area (Å²) >= 11 is 4.22. The summed E-state index contributed by atoms with van der Waals surface area (Å²) in [4.78, 5) is 16.8. The molecular formula is C13H10BrF3N2OS. The third-order valence-electron chi connectivity index (χ3n) is 2.79. The smallest absolute Gasteiger partial charge is 0.347 e. The summed E-state index contributed by atoms with van der Waals surface area (Å²) in [5, 5.41) is 2.59. The van der Waals surface area contributed by atoms with Gasteiger partial charge in [0.2, 0.25) is 0 Å². The maximum absolute atomic E-state index is 12.8. The SMILES string of the molecule is Cc1ncsc1CNC(=O)c1ccc(Br)c(C(F)(F)F)c1. The first-order chi connectivity index (χ1) is 9.79. The molecule has 0 saturated carbocycles. The molecule has 1 aromatic carbocycles. The van der Waals surface area contributed by atoms with Crippen LogP contribution in [0.2, 0.25) is 0 Å². The molecule has 0 aliphatic rings. The van der Waals surface area contributed by atoms with Gasteiger partial charge in [0.25, 0.3) is 5.91 Å². The Hall–Kier alpha value is -1.41. The van der Waals surface area contributed by atoms with E-state index >= 15 is 0 Å². The number of carbonyl (C=O) groups excluding carboxylic acids is 1. The highest BCUT2D eigenvalue weighted by molar-refractivity contribution is 9.10. The normalized spacial score (nSPS) is 11.5. The van der Waals surface area contributed by atoms with Gasteiger partial charge in [0.15, 0.2) is 0 Å². The maximum Gasteiger partial charge on any atom is 0.417 e. The van der Waals surface area contributed by atoms with Gasteiger partial charge in [-0.15, -0.1) is 11.3 Å². The summed E-state index contributed by atoms with van der Waals surface area (Å²) in [6.07, 6.45) is -4.51. The molecule has 0 aliphatic carbocycles. The summed E-state index contributed by atoms with van der Waals surface area (Å²) in [6, 6.07) is 3.39. The van der Waals surface area contributed by atoms with Crippen LogP contribution < -0.4 is 5.32 Å². The number of alkyl halides is 3. The molecule has 1 N–H and O–H groups in total. The van der Waals surface area contributed by atoms with Gasteiger partial charge in [0.05, 0.1) is 23.3 Å². The summed E-state index contributed by atoms with van der Waals surface area (Å²) in [6.45, 7) is 2.05. The first kappa shape index (κ1) is 16.0. The van der Waals surface area contributed by atoms with Gasteiger partial charge >= 0.3 is 6.18 Å². The summed E-state index contributed by atoms with van der Waals surface area (Å²) in [7, 11) is 0. The second-order valence-electron chi connectivity index (χ2n) is 4.24. The standard InChI is InChI=1S/C13H10BrF3N2OS/c1-7-11(21-6-19-7)5-18-12(20)8-2-3-10(14)9(4-8)13(15,16)17/h2-4,6H,5H2,1H3,(H,18,20). The fraction of sp³-hybridized carbons (Fsp3) is 0.231. The molecule has 0 bridgehead atoms. The number of benzene rings is 1. The molecule has 1 aromatic heterocycles. The van der Waals surface area contributed by atoms with E-state index in [9.17, 15) is 18.0 Å². The van der Waals surface area contributed by atoms with Crippen LogP contribution in [0, 0.1) is 6.92 Å². The van der Waals surface area contributed by atoms with E-state index in [0.717, 1.165) is 16.6 Å². The van der Waals surface area contributed by atoms with Gasteiger partial charge < -0.3 is 5.32 Å². The largest absolute Gasteiger partial charge is 0.417 e.